The number of nitrogens with zero attached hydrogens (tertiary/aromatic N) is 2. The molecule has 132 valence electrons. The van der Waals surface area contributed by atoms with Crippen LogP contribution in [0.5, 0.6) is 0 Å². The highest BCUT2D eigenvalue weighted by Gasteiger charge is 2.26. The standard InChI is InChI=1S/C20H30N2O2/c23-20(11-13-21-14-16-24-17-15-21)22-12-5-4-8-19(22)10-9-18-6-2-1-3-7-18/h1-3,6-7,19H,4-5,8-17H2/t19-/m0/s1. The van der Waals surface area contributed by atoms with Gasteiger partial charge in [0.15, 0.2) is 0 Å². The van der Waals surface area contributed by atoms with Crippen LogP contribution in [0.4, 0.5) is 0 Å². The first kappa shape index (κ1) is 17.4. The lowest BCUT2D eigenvalue weighted by Gasteiger charge is -2.37. The van der Waals surface area contributed by atoms with Crippen molar-refractivity contribution in [1.29, 1.82) is 0 Å². The Bertz CT molecular complexity index is 500. The first-order valence-corrected chi connectivity index (χ1v) is 9.46. The molecule has 2 fully saturated rings. The number of morpholine rings is 1. The van der Waals surface area contributed by atoms with E-state index in [1.807, 2.05) is 0 Å². The van der Waals surface area contributed by atoms with Crippen LogP contribution in [-0.4, -0.2) is 61.1 Å². The molecule has 0 radical (unpaired) electrons. The van der Waals surface area contributed by atoms with Gasteiger partial charge in [0.2, 0.25) is 5.91 Å². The number of carbonyl (C=O) groups is 1. The van der Waals surface area contributed by atoms with Gasteiger partial charge in [-0.1, -0.05) is 30.3 Å². The molecule has 0 aliphatic carbocycles. The lowest BCUT2D eigenvalue weighted by Crippen LogP contribution is -2.45. The monoisotopic (exact) mass is 330 g/mol. The van der Waals surface area contributed by atoms with E-state index in [4.69, 9.17) is 4.74 Å². The molecule has 2 aliphatic heterocycles. The zero-order valence-corrected chi connectivity index (χ0v) is 14.7. The minimum Gasteiger partial charge on any atom is -0.379 e. The summed E-state index contributed by atoms with van der Waals surface area (Å²) in [5.41, 5.74) is 1.38. The fourth-order valence-corrected chi connectivity index (χ4v) is 3.83. The van der Waals surface area contributed by atoms with Gasteiger partial charge in [0.1, 0.15) is 0 Å². The van der Waals surface area contributed by atoms with Crippen LogP contribution < -0.4 is 0 Å². The number of hydrogen-bond acceptors (Lipinski definition) is 3. The molecule has 24 heavy (non-hydrogen) atoms. The van der Waals surface area contributed by atoms with Crippen LogP contribution in [0.1, 0.15) is 37.7 Å². The van der Waals surface area contributed by atoms with E-state index in [0.29, 0.717) is 18.4 Å². The Morgan fingerprint density at radius 3 is 2.67 bits per heavy atom. The molecule has 1 amide bonds. The summed E-state index contributed by atoms with van der Waals surface area (Å²) in [7, 11) is 0. The van der Waals surface area contributed by atoms with Gasteiger partial charge in [0.05, 0.1) is 13.2 Å². The summed E-state index contributed by atoms with van der Waals surface area (Å²) in [6, 6.07) is 11.1. The molecule has 2 aliphatic rings. The van der Waals surface area contributed by atoms with Crippen LogP contribution in [0.3, 0.4) is 0 Å². The van der Waals surface area contributed by atoms with Crippen molar-refractivity contribution in [2.75, 3.05) is 39.4 Å². The molecule has 1 aromatic carbocycles. The minimum atomic E-state index is 0.347. The van der Waals surface area contributed by atoms with Gasteiger partial charge < -0.3 is 9.64 Å². The van der Waals surface area contributed by atoms with E-state index >= 15 is 0 Å². The fraction of sp³-hybridized carbons (Fsp3) is 0.650. The maximum atomic E-state index is 12.7. The van der Waals surface area contributed by atoms with Crippen molar-refractivity contribution in [2.45, 2.75) is 44.6 Å². The van der Waals surface area contributed by atoms with E-state index in [1.54, 1.807) is 0 Å². The van der Waals surface area contributed by atoms with Crippen LogP contribution in [0.2, 0.25) is 0 Å². The number of hydrogen-bond donors (Lipinski definition) is 0. The molecule has 0 N–H and O–H groups in total. The predicted octanol–water partition coefficient (Wildman–Crippen LogP) is 2.72. The summed E-state index contributed by atoms with van der Waals surface area (Å²) in [4.78, 5) is 17.3. The maximum Gasteiger partial charge on any atom is 0.224 e. The number of piperidine rings is 1. The van der Waals surface area contributed by atoms with Gasteiger partial charge in [0.25, 0.3) is 0 Å². The van der Waals surface area contributed by atoms with Crippen LogP contribution in [0.15, 0.2) is 30.3 Å². The molecule has 1 aromatic rings. The van der Waals surface area contributed by atoms with E-state index in [9.17, 15) is 4.79 Å². The van der Waals surface area contributed by atoms with Crippen molar-refractivity contribution in [1.82, 2.24) is 9.80 Å². The Hall–Kier alpha value is -1.39. The average molecular weight is 330 g/mol. The van der Waals surface area contributed by atoms with E-state index in [2.05, 4.69) is 40.1 Å². The second kappa shape index (κ2) is 9.19. The second-order valence-corrected chi connectivity index (χ2v) is 6.97. The normalized spacial score (nSPS) is 22.5. The zero-order chi connectivity index (χ0) is 16.6. The first-order chi connectivity index (χ1) is 11.8. The smallest absolute Gasteiger partial charge is 0.224 e. The number of carbonyl (C=O) groups excluding carboxylic acids is 1. The minimum absolute atomic E-state index is 0.347. The third kappa shape index (κ3) is 5.05. The number of ether oxygens (including phenoxy) is 1. The topological polar surface area (TPSA) is 32.8 Å². The molecule has 0 spiro atoms. The summed E-state index contributed by atoms with van der Waals surface area (Å²) >= 11 is 0. The van der Waals surface area contributed by atoms with Crippen LogP contribution in [0.25, 0.3) is 0 Å². The molecule has 1 atom stereocenters. The Morgan fingerprint density at radius 2 is 1.88 bits per heavy atom. The Balaban J connectivity index is 1.48. The molecule has 0 bridgehead atoms. The van der Waals surface area contributed by atoms with Crippen molar-refractivity contribution >= 4 is 5.91 Å². The summed E-state index contributed by atoms with van der Waals surface area (Å²) in [5.74, 6) is 0.347. The Labute approximate surface area is 145 Å². The third-order valence-corrected chi connectivity index (χ3v) is 5.30. The summed E-state index contributed by atoms with van der Waals surface area (Å²) in [6.07, 6.45) is 6.39. The van der Waals surface area contributed by atoms with Gasteiger partial charge in [-0.2, -0.15) is 0 Å². The molecule has 0 saturated carbocycles. The molecule has 4 nitrogen and oxygen atoms in total. The number of likely N-dealkylation sites (tertiary alicyclic amines) is 1. The van der Waals surface area contributed by atoms with E-state index in [1.165, 1.54) is 12.0 Å². The highest BCUT2D eigenvalue weighted by molar-refractivity contribution is 5.76. The SMILES string of the molecule is O=C(CCN1CCOCC1)N1CCCC[C@H]1CCc1ccccc1. The molecule has 3 rings (SSSR count). The quantitative estimate of drug-likeness (QED) is 0.804. The summed E-state index contributed by atoms with van der Waals surface area (Å²) < 4.78 is 5.38. The first-order valence-electron chi connectivity index (χ1n) is 9.46. The molecule has 0 unspecified atom stereocenters. The number of amides is 1. The number of aryl methyl sites for hydroxylation is 1. The van der Waals surface area contributed by atoms with Gasteiger partial charge in [-0.15, -0.1) is 0 Å². The summed E-state index contributed by atoms with van der Waals surface area (Å²) in [6.45, 7) is 5.36. The van der Waals surface area contributed by atoms with E-state index in [-0.39, 0.29) is 0 Å². The molecule has 2 heterocycles. The van der Waals surface area contributed by atoms with E-state index in [0.717, 1.165) is 65.1 Å². The van der Waals surface area contributed by atoms with Gasteiger partial charge in [-0.05, 0) is 37.7 Å². The molecule has 4 heteroatoms. The largest absolute Gasteiger partial charge is 0.379 e. The number of benzene rings is 1. The van der Waals surface area contributed by atoms with Crippen molar-refractivity contribution in [3.8, 4) is 0 Å². The molecule has 2 saturated heterocycles. The van der Waals surface area contributed by atoms with Crippen molar-refractivity contribution in [3.05, 3.63) is 35.9 Å². The van der Waals surface area contributed by atoms with Gasteiger partial charge in [0, 0.05) is 38.6 Å². The van der Waals surface area contributed by atoms with Crippen LogP contribution in [0, 0.1) is 0 Å². The van der Waals surface area contributed by atoms with Crippen molar-refractivity contribution in [3.63, 3.8) is 0 Å². The fourth-order valence-electron chi connectivity index (χ4n) is 3.83. The number of rotatable bonds is 6. The highest BCUT2D eigenvalue weighted by Crippen LogP contribution is 2.22. The predicted molar refractivity (Wildman–Crippen MR) is 96.0 cm³/mol. The van der Waals surface area contributed by atoms with E-state index < -0.39 is 0 Å². The van der Waals surface area contributed by atoms with Gasteiger partial charge >= 0.3 is 0 Å². The molecule has 0 aromatic heterocycles. The third-order valence-electron chi connectivity index (χ3n) is 5.30. The Kier molecular flexibility index (Phi) is 6.67. The maximum absolute atomic E-state index is 12.7. The molecular weight excluding hydrogens is 300 g/mol. The van der Waals surface area contributed by atoms with Crippen molar-refractivity contribution in [2.24, 2.45) is 0 Å². The van der Waals surface area contributed by atoms with Crippen molar-refractivity contribution < 1.29 is 9.53 Å². The average Bonchev–Trinajstić information content (AvgIpc) is 2.66. The van der Waals surface area contributed by atoms with Crippen LogP contribution >= 0.6 is 0 Å². The Morgan fingerprint density at radius 1 is 1.08 bits per heavy atom. The van der Waals surface area contributed by atoms with Gasteiger partial charge in [-0.3, -0.25) is 9.69 Å². The second-order valence-electron chi connectivity index (χ2n) is 6.97. The summed E-state index contributed by atoms with van der Waals surface area (Å²) in [5, 5.41) is 0. The van der Waals surface area contributed by atoms with Crippen LogP contribution in [-0.2, 0) is 16.0 Å². The zero-order valence-electron chi connectivity index (χ0n) is 14.7. The lowest BCUT2D eigenvalue weighted by atomic mass is 9.95. The highest BCUT2D eigenvalue weighted by atomic mass is 16.5. The lowest BCUT2D eigenvalue weighted by molar-refractivity contribution is -0.135. The molecular formula is C20H30N2O2. The van der Waals surface area contributed by atoms with Gasteiger partial charge in [-0.25, -0.2) is 0 Å².